The minimum Gasteiger partial charge on any atom is -0.463 e. The lowest BCUT2D eigenvalue weighted by Crippen LogP contribution is -2.48. The third-order valence-electron chi connectivity index (χ3n) is 32.9. The molecule has 0 amide bonds. The fourth-order valence-electron chi connectivity index (χ4n) is 26.6. The van der Waals surface area contributed by atoms with Gasteiger partial charge in [0.1, 0.15) is 30.0 Å². The lowest BCUT2D eigenvalue weighted by molar-refractivity contribution is -0.161. The van der Waals surface area contributed by atoms with Gasteiger partial charge in [-0.25, -0.2) is 58.9 Å². The number of aliphatic hydroxyl groups is 2. The van der Waals surface area contributed by atoms with Crippen molar-refractivity contribution in [2.24, 2.45) is 99.6 Å². The van der Waals surface area contributed by atoms with Gasteiger partial charge in [0.2, 0.25) is 0 Å². The van der Waals surface area contributed by atoms with E-state index in [2.05, 4.69) is 62.3 Å². The van der Waals surface area contributed by atoms with Gasteiger partial charge in [-0.2, -0.15) is 0 Å². The van der Waals surface area contributed by atoms with Crippen LogP contribution in [-0.2, 0) is 116 Å². The molecule has 19 saturated heterocycles. The molecular formula is C71H110O26S7. The third kappa shape index (κ3) is 10.5. The number of hydrogen-bond acceptors (Lipinski definition) is 26. The van der Waals surface area contributed by atoms with Crippen molar-refractivity contribution in [3.8, 4) is 0 Å². The van der Waals surface area contributed by atoms with Gasteiger partial charge in [-0.05, 0) is 124 Å². The van der Waals surface area contributed by atoms with E-state index in [0.717, 1.165) is 19.3 Å². The summed E-state index contributed by atoms with van der Waals surface area (Å²) in [5.74, 6) is 5.04. The summed E-state index contributed by atoms with van der Waals surface area (Å²) in [7, 11) is -20.6. The van der Waals surface area contributed by atoms with Gasteiger partial charge in [0.25, 0.3) is 0 Å². The Morgan fingerprint density at radius 1 is 0.433 bits per heavy atom. The summed E-state index contributed by atoms with van der Waals surface area (Å²) in [6.07, 6.45) is 5.34. The molecule has 14 bridgehead atoms. The van der Waals surface area contributed by atoms with Crippen molar-refractivity contribution in [3.05, 3.63) is 0 Å². The van der Waals surface area contributed by atoms with E-state index in [1.807, 2.05) is 27.7 Å². The zero-order chi connectivity index (χ0) is 76.1. The van der Waals surface area contributed by atoms with Crippen molar-refractivity contribution >= 4 is 80.8 Å². The van der Waals surface area contributed by atoms with Crippen molar-refractivity contribution in [2.75, 3.05) is 66.7 Å². The second-order valence-corrected chi connectivity index (χ2v) is 53.2. The van der Waals surface area contributed by atoms with Crippen molar-refractivity contribution in [1.82, 2.24) is 0 Å². The fraction of sp³-hybridized carbons (Fsp3) is 0.972. The van der Waals surface area contributed by atoms with E-state index >= 15 is 0 Å². The van der Waals surface area contributed by atoms with E-state index in [9.17, 15) is 78.7 Å². The van der Waals surface area contributed by atoms with Gasteiger partial charge in [0, 0.05) is 54.8 Å². The summed E-state index contributed by atoms with van der Waals surface area (Å²) in [6, 6.07) is 0. The molecular weight excluding hydrogens is 1490 g/mol. The lowest BCUT2D eigenvalue weighted by Gasteiger charge is -2.33. The Kier molecular flexibility index (Phi) is 17.7. The Labute approximate surface area is 614 Å². The smallest absolute Gasteiger partial charge is 0.302 e. The molecule has 36 unspecified atom stereocenters. The molecule has 21 rings (SSSR count). The van der Waals surface area contributed by atoms with Crippen LogP contribution in [0, 0.1) is 99.6 Å². The van der Waals surface area contributed by atoms with E-state index in [-0.39, 0.29) is 176 Å². The molecule has 36 atom stereocenters. The maximum absolute atomic E-state index is 12.4. The fourth-order valence-corrected chi connectivity index (χ4v) is 46.0. The average Bonchev–Trinajstić information content (AvgIpc) is 1.57. The van der Waals surface area contributed by atoms with Crippen LogP contribution in [-0.4, -0.2) is 254 Å². The zero-order valence-electron chi connectivity index (χ0n) is 62.4. The first-order chi connectivity index (χ1) is 47.7. The molecule has 21 fully saturated rings. The second-order valence-electron chi connectivity index (χ2n) is 37.6. The maximum atomic E-state index is 12.4. The van der Waals surface area contributed by atoms with Gasteiger partial charge in [-0.15, -0.1) is 0 Å². The van der Waals surface area contributed by atoms with Crippen LogP contribution < -0.4 is 0 Å². The predicted octanol–water partition coefficient (Wildman–Crippen LogP) is 3.10. The number of ether oxygens (including phenoxy) is 8. The molecule has 0 aromatic heterocycles. The van der Waals surface area contributed by atoms with Crippen molar-refractivity contribution in [2.45, 2.75) is 255 Å². The summed E-state index contributed by atoms with van der Waals surface area (Å²) >= 11 is 0. The largest absolute Gasteiger partial charge is 0.463 e. The quantitative estimate of drug-likeness (QED) is 0.361. The third-order valence-corrected chi connectivity index (χ3v) is 49.1. The van der Waals surface area contributed by atoms with Crippen molar-refractivity contribution in [3.63, 3.8) is 0 Å². The molecule has 2 aliphatic carbocycles. The number of esters is 2. The normalized spacial score (nSPS) is 57.5. The number of carbonyl (C=O) groups is 2. The van der Waals surface area contributed by atoms with Crippen molar-refractivity contribution < 1.29 is 117 Å². The van der Waals surface area contributed by atoms with Crippen LogP contribution in [0.1, 0.15) is 149 Å². The molecule has 104 heavy (non-hydrogen) atoms. The van der Waals surface area contributed by atoms with E-state index in [0.29, 0.717) is 83.0 Å². The first kappa shape index (κ1) is 77.6. The Morgan fingerprint density at radius 3 is 1.51 bits per heavy atom. The molecule has 0 radical (unpaired) electrons. The summed E-state index contributed by atoms with van der Waals surface area (Å²) in [5, 5.41) is 16.9. The molecule has 2 saturated carbocycles. The lowest BCUT2D eigenvalue weighted by atomic mass is 9.68. The maximum Gasteiger partial charge on any atom is 0.302 e. The molecule has 592 valence electrons. The molecule has 0 spiro atoms. The highest BCUT2D eigenvalue weighted by atomic mass is 32.2. The van der Waals surface area contributed by atoms with E-state index < -0.39 is 114 Å². The van der Waals surface area contributed by atoms with Gasteiger partial charge >= 0.3 is 11.9 Å². The van der Waals surface area contributed by atoms with Crippen molar-refractivity contribution in [1.29, 1.82) is 0 Å². The van der Waals surface area contributed by atoms with Crippen LogP contribution in [0.15, 0.2) is 0 Å². The predicted molar refractivity (Wildman–Crippen MR) is 378 cm³/mol. The summed E-state index contributed by atoms with van der Waals surface area (Å²) in [4.78, 5) is 22.3. The number of fused-ring (bicyclic) bond motifs is 7. The van der Waals surface area contributed by atoms with E-state index in [1.54, 1.807) is 0 Å². The molecule has 2 N–H and O–H groups in total. The van der Waals surface area contributed by atoms with Crippen LogP contribution in [0.5, 0.6) is 0 Å². The first-order valence-corrected chi connectivity index (χ1v) is 49.8. The molecule has 0 aromatic rings. The Bertz CT molecular complexity index is 4400. The van der Waals surface area contributed by atoms with Crippen LogP contribution in [0.2, 0.25) is 0 Å². The molecule has 21 aliphatic rings. The highest BCUT2D eigenvalue weighted by Gasteiger charge is 2.80. The zero-order valence-corrected chi connectivity index (χ0v) is 68.1. The van der Waals surface area contributed by atoms with Crippen LogP contribution in [0.3, 0.4) is 0 Å². The minimum atomic E-state index is -3.30. The van der Waals surface area contributed by atoms with Gasteiger partial charge in [-0.1, -0.05) is 69.2 Å². The van der Waals surface area contributed by atoms with E-state index in [1.165, 1.54) is 20.3 Å². The standard InChI is InChI=1S/C14H20O7S.C10H16O5S.C10H16O3S.C10H16O2S.3C9H14O3S/c1-8-11-5-22(17,18)12-4-13(8,6-19-9(2)15)21-14(11,12)7-20-10(3)16;1-6-7-3-16(13,14)8-2-9(6,4-11)15-10(7,8)5-12;1-6-7-5-14(11,12)8-4-9(6,2)13-10(7,8)3;1-6-7-3-9-10(2,4-7)8(6)5-13(9,11)12;1-5-6-4-13(10,11)7-3-9(5,2)12-8(6)7;1-5-6-3-7-8(12-6)9(5,2)4-13(7,10)11;1-4-6-3-13(10,11)9-5(2)7(4)12-8(6)9/h8,11-12H,4-7H2,1-3H3;6-8,11-12H,2-5H2,1H3;6-8H,4-5H2,1-3H3;6-9H,3-5H2,1-2H3;2*5-8H,3-4H2,1-2H3;4-9H,3H2,1-2H3. The Morgan fingerprint density at radius 2 is 0.981 bits per heavy atom. The average molecular weight is 1600 g/mol. The van der Waals surface area contributed by atoms with Gasteiger partial charge in [-0.3, -0.25) is 9.59 Å². The first-order valence-electron chi connectivity index (χ1n) is 37.8. The Hall–Kier alpha value is -1.73. The van der Waals surface area contributed by atoms with Crippen LogP contribution in [0.4, 0.5) is 0 Å². The van der Waals surface area contributed by atoms with Gasteiger partial charge in [0.15, 0.2) is 68.9 Å². The Balaban J connectivity index is 0.0000000984. The topological polar surface area (TPSA) is 387 Å². The molecule has 0 aromatic carbocycles. The van der Waals surface area contributed by atoms with Gasteiger partial charge < -0.3 is 48.1 Å². The monoisotopic (exact) mass is 1600 g/mol. The van der Waals surface area contributed by atoms with Gasteiger partial charge in [0.05, 0.1) is 143 Å². The van der Waals surface area contributed by atoms with Crippen LogP contribution in [0.25, 0.3) is 0 Å². The molecule has 19 heterocycles. The summed E-state index contributed by atoms with van der Waals surface area (Å²) in [5.41, 5.74) is -4.14. The highest BCUT2D eigenvalue weighted by Crippen LogP contribution is 2.69. The number of hydrogen-bond donors (Lipinski definition) is 2. The molecule has 19 aliphatic heterocycles. The highest BCUT2D eigenvalue weighted by molar-refractivity contribution is 7.94. The second kappa shape index (κ2) is 23.7. The number of rotatable bonds is 6. The molecule has 26 nitrogen and oxygen atoms in total. The number of carbonyl (C=O) groups excluding carboxylic acids is 2. The summed E-state index contributed by atoms with van der Waals surface area (Å²) < 4.78 is 212. The number of aliphatic hydroxyl groups excluding tert-OH is 2. The number of sulfone groups is 7. The van der Waals surface area contributed by atoms with Crippen LogP contribution >= 0.6 is 0 Å². The SMILES string of the molecule is CC(=O)OCC12CC3C(COC(C)=O)(O1)C(CS3(=O)=O)C2C.CC1C2CC3C(C)(C2)C1CS3(=O)=O.CC1C2CC3C(O2)C1(C)CS3(=O)=O.CC1C2CS(=O)(=O)C3C(C)C1OC23.CC1C2CS(=O)(=O)C3CC1(C)OC23.CC1C2CS(=O)(=O)C3CC1(C)OC23C.CC1C2CS(=O)(=O)C3CC1(CO)OC23CO. The van der Waals surface area contributed by atoms with E-state index in [4.69, 9.17) is 37.9 Å². The summed E-state index contributed by atoms with van der Waals surface area (Å²) in [6.45, 7) is 29.1. The minimum absolute atomic E-state index is 0.00231. The molecule has 33 heteroatoms.